The molecule has 3 N–H and O–H groups in total. The molecule has 1 aliphatic carbocycles. The number of nitrogens with one attached hydrogen (secondary N) is 1. The highest BCUT2D eigenvalue weighted by atomic mass is 32.2. The van der Waals surface area contributed by atoms with E-state index in [4.69, 9.17) is 5.73 Å². The van der Waals surface area contributed by atoms with E-state index in [2.05, 4.69) is 11.6 Å². The summed E-state index contributed by atoms with van der Waals surface area (Å²) in [5, 5.41) is 1.86. The van der Waals surface area contributed by atoms with E-state index in [0.717, 1.165) is 22.8 Å². The number of aryl methyl sites for hydroxylation is 1. The third-order valence-corrected chi connectivity index (χ3v) is 7.28. The van der Waals surface area contributed by atoms with Crippen LogP contribution in [0.3, 0.4) is 0 Å². The molecule has 120 valence electrons. The molecule has 1 aliphatic rings. The minimum absolute atomic E-state index is 0.273. The van der Waals surface area contributed by atoms with Crippen molar-refractivity contribution in [3.63, 3.8) is 0 Å². The number of thiophene rings is 1. The zero-order chi connectivity index (χ0) is 15.5. The molecule has 2 rings (SSSR count). The highest BCUT2D eigenvalue weighted by Gasteiger charge is 2.23. The van der Waals surface area contributed by atoms with Crippen molar-refractivity contribution in [1.29, 1.82) is 0 Å². The molecule has 4 nitrogen and oxygen atoms in total. The molecule has 0 radical (unpaired) electrons. The average Bonchev–Trinajstić information content (AvgIpc) is 2.80. The van der Waals surface area contributed by atoms with Gasteiger partial charge in [-0.25, -0.2) is 13.1 Å². The summed E-state index contributed by atoms with van der Waals surface area (Å²) in [6, 6.07) is 0. The second-order valence-electron chi connectivity index (χ2n) is 6.20. The number of hydrogen-bond acceptors (Lipinski definition) is 4. The van der Waals surface area contributed by atoms with E-state index in [1.54, 1.807) is 0 Å². The van der Waals surface area contributed by atoms with E-state index in [1.807, 2.05) is 12.3 Å². The van der Waals surface area contributed by atoms with Crippen LogP contribution in [0.2, 0.25) is 0 Å². The molecule has 2 unspecified atom stereocenters. The predicted molar refractivity (Wildman–Crippen MR) is 87.9 cm³/mol. The van der Waals surface area contributed by atoms with Crippen LogP contribution in [-0.2, 0) is 16.6 Å². The summed E-state index contributed by atoms with van der Waals surface area (Å²) in [6.07, 6.45) is 5.99. The van der Waals surface area contributed by atoms with E-state index >= 15 is 0 Å². The maximum atomic E-state index is 12.4. The Morgan fingerprint density at radius 3 is 2.86 bits per heavy atom. The second-order valence-corrected chi connectivity index (χ2v) is 8.87. The van der Waals surface area contributed by atoms with Crippen LogP contribution in [0, 0.1) is 18.8 Å². The highest BCUT2D eigenvalue weighted by molar-refractivity contribution is 7.89. The first-order valence-electron chi connectivity index (χ1n) is 7.70. The Morgan fingerprint density at radius 1 is 1.43 bits per heavy atom. The fraction of sp³-hybridized carbons (Fsp3) is 0.733. The van der Waals surface area contributed by atoms with Crippen molar-refractivity contribution < 1.29 is 8.42 Å². The van der Waals surface area contributed by atoms with E-state index in [-0.39, 0.29) is 6.54 Å². The molecule has 0 amide bonds. The molecule has 0 aromatic carbocycles. The standard InChI is InChI=1S/C15H26N2O2S2/c1-11-4-3-5-13(8-11)6-7-17-21(18,19)15-12(2)10-20-14(15)9-16/h10-11,13,17H,3-9,16H2,1-2H3. The molecule has 0 spiro atoms. The Hall–Kier alpha value is -0.430. The van der Waals surface area contributed by atoms with Gasteiger partial charge in [-0.15, -0.1) is 11.3 Å². The van der Waals surface area contributed by atoms with Crippen LogP contribution in [-0.4, -0.2) is 15.0 Å². The maximum Gasteiger partial charge on any atom is 0.241 e. The van der Waals surface area contributed by atoms with Gasteiger partial charge in [0.25, 0.3) is 0 Å². The first-order valence-corrected chi connectivity index (χ1v) is 10.1. The highest BCUT2D eigenvalue weighted by Crippen LogP contribution is 2.31. The van der Waals surface area contributed by atoms with Crippen molar-refractivity contribution >= 4 is 21.4 Å². The van der Waals surface area contributed by atoms with Crippen molar-refractivity contribution in [2.24, 2.45) is 17.6 Å². The predicted octanol–water partition coefficient (Wildman–Crippen LogP) is 3.01. The Kier molecular flexibility index (Phi) is 5.82. The zero-order valence-electron chi connectivity index (χ0n) is 12.9. The first kappa shape index (κ1) is 16.9. The lowest BCUT2D eigenvalue weighted by atomic mass is 9.81. The molecular formula is C15H26N2O2S2. The lowest BCUT2D eigenvalue weighted by molar-refractivity contribution is 0.271. The third kappa shape index (κ3) is 4.28. The molecule has 21 heavy (non-hydrogen) atoms. The summed E-state index contributed by atoms with van der Waals surface area (Å²) < 4.78 is 27.6. The Balaban J connectivity index is 1.94. The Bertz CT molecular complexity index is 566. The van der Waals surface area contributed by atoms with Crippen molar-refractivity contribution in [2.45, 2.75) is 57.4 Å². The minimum Gasteiger partial charge on any atom is -0.326 e. The van der Waals surface area contributed by atoms with Crippen LogP contribution in [0.25, 0.3) is 0 Å². The minimum atomic E-state index is -3.42. The molecule has 6 heteroatoms. The van der Waals surface area contributed by atoms with Gasteiger partial charge < -0.3 is 5.73 Å². The molecular weight excluding hydrogens is 304 g/mol. The monoisotopic (exact) mass is 330 g/mol. The average molecular weight is 331 g/mol. The Morgan fingerprint density at radius 2 is 2.19 bits per heavy atom. The largest absolute Gasteiger partial charge is 0.326 e. The van der Waals surface area contributed by atoms with Crippen LogP contribution in [0.5, 0.6) is 0 Å². The van der Waals surface area contributed by atoms with Crippen LogP contribution >= 0.6 is 11.3 Å². The molecule has 0 aliphatic heterocycles. The molecule has 1 aromatic rings. The first-order chi connectivity index (χ1) is 9.94. The number of hydrogen-bond donors (Lipinski definition) is 2. The fourth-order valence-corrected chi connectivity index (χ4v) is 6.03. The summed E-state index contributed by atoms with van der Waals surface area (Å²) in [6.45, 7) is 4.92. The van der Waals surface area contributed by atoms with Gasteiger partial charge in [0.05, 0.1) is 0 Å². The van der Waals surface area contributed by atoms with Crippen molar-refractivity contribution in [2.75, 3.05) is 6.54 Å². The normalized spacial score (nSPS) is 23.4. The smallest absolute Gasteiger partial charge is 0.241 e. The van der Waals surface area contributed by atoms with Crippen LogP contribution in [0.4, 0.5) is 0 Å². The summed E-state index contributed by atoms with van der Waals surface area (Å²) in [4.78, 5) is 1.14. The van der Waals surface area contributed by atoms with Gasteiger partial charge in [-0.1, -0.05) is 26.2 Å². The van der Waals surface area contributed by atoms with Crippen LogP contribution in [0.15, 0.2) is 10.3 Å². The Labute approximate surface area is 132 Å². The maximum absolute atomic E-state index is 12.4. The fourth-order valence-electron chi connectivity index (χ4n) is 3.28. The quantitative estimate of drug-likeness (QED) is 0.842. The van der Waals surface area contributed by atoms with E-state index in [0.29, 0.717) is 17.4 Å². The molecule has 0 saturated heterocycles. The van der Waals surface area contributed by atoms with Crippen molar-refractivity contribution in [3.8, 4) is 0 Å². The molecule has 1 aromatic heterocycles. The number of rotatable bonds is 6. The van der Waals surface area contributed by atoms with Gasteiger partial charge in [0, 0.05) is 18.0 Å². The third-order valence-electron chi connectivity index (χ3n) is 4.33. The van der Waals surface area contributed by atoms with E-state index in [9.17, 15) is 8.42 Å². The number of nitrogens with two attached hydrogens (primary N) is 1. The van der Waals surface area contributed by atoms with Gasteiger partial charge in [-0.05, 0) is 42.5 Å². The van der Waals surface area contributed by atoms with Gasteiger partial charge in [-0.3, -0.25) is 0 Å². The lowest BCUT2D eigenvalue weighted by Gasteiger charge is -2.26. The van der Waals surface area contributed by atoms with Crippen LogP contribution < -0.4 is 10.5 Å². The molecule has 0 bridgehead atoms. The van der Waals surface area contributed by atoms with E-state index in [1.165, 1.54) is 37.0 Å². The molecule has 1 fully saturated rings. The molecule has 1 saturated carbocycles. The summed E-state index contributed by atoms with van der Waals surface area (Å²) in [7, 11) is -3.42. The SMILES string of the molecule is Cc1csc(CN)c1S(=O)(=O)NCCC1CCCC(C)C1. The van der Waals surface area contributed by atoms with Crippen LogP contribution in [0.1, 0.15) is 49.5 Å². The lowest BCUT2D eigenvalue weighted by Crippen LogP contribution is -2.28. The van der Waals surface area contributed by atoms with Gasteiger partial charge >= 0.3 is 0 Å². The van der Waals surface area contributed by atoms with Gasteiger partial charge in [0.15, 0.2) is 0 Å². The van der Waals surface area contributed by atoms with E-state index < -0.39 is 10.0 Å². The summed E-state index contributed by atoms with van der Waals surface area (Å²) >= 11 is 1.42. The zero-order valence-corrected chi connectivity index (χ0v) is 14.5. The summed E-state index contributed by atoms with van der Waals surface area (Å²) in [5.41, 5.74) is 6.43. The summed E-state index contributed by atoms with van der Waals surface area (Å²) in [5.74, 6) is 1.44. The van der Waals surface area contributed by atoms with Crippen molar-refractivity contribution in [3.05, 3.63) is 15.8 Å². The molecule has 1 heterocycles. The molecule has 2 atom stereocenters. The van der Waals surface area contributed by atoms with Gasteiger partial charge in [0.2, 0.25) is 10.0 Å². The van der Waals surface area contributed by atoms with Gasteiger partial charge in [-0.2, -0.15) is 0 Å². The topological polar surface area (TPSA) is 72.2 Å². The van der Waals surface area contributed by atoms with Crippen molar-refractivity contribution in [1.82, 2.24) is 4.72 Å². The van der Waals surface area contributed by atoms with Gasteiger partial charge in [0.1, 0.15) is 4.90 Å². The number of sulfonamides is 1. The second kappa shape index (κ2) is 7.22.